The number of oxime groups is 2. The molecule has 0 spiro atoms. The normalized spacial score (nSPS) is 12.4. The van der Waals surface area contributed by atoms with Gasteiger partial charge in [0.1, 0.15) is 42.6 Å². The van der Waals surface area contributed by atoms with Crippen LogP contribution in [0, 0.1) is 0 Å². The van der Waals surface area contributed by atoms with Crippen LogP contribution in [0.15, 0.2) is 102 Å². The van der Waals surface area contributed by atoms with Crippen LogP contribution in [0.5, 0.6) is 5.75 Å². The number of hydrogen-bond acceptors (Lipinski definition) is 8. The average Bonchev–Trinajstić information content (AvgIpc) is 3.01. The maximum absolute atomic E-state index is 13.0. The third kappa shape index (κ3) is 9.49. The van der Waals surface area contributed by atoms with Gasteiger partial charge in [0, 0.05) is 11.1 Å². The van der Waals surface area contributed by atoms with E-state index in [4.69, 9.17) is 23.9 Å². The SMILES string of the molecule is C=CCO/N=C(/C(C)=N/OCc1ccccc1/C(=C\OC)C(=O)OC)c1ccc(OCc2cccc(C(F)(F)F)c2)cc1. The van der Waals surface area contributed by atoms with Gasteiger partial charge in [-0.2, -0.15) is 13.2 Å². The summed E-state index contributed by atoms with van der Waals surface area (Å²) in [4.78, 5) is 23.2. The third-order valence-corrected chi connectivity index (χ3v) is 5.85. The van der Waals surface area contributed by atoms with Gasteiger partial charge in [0.2, 0.25) is 0 Å². The number of rotatable bonds is 14. The number of ether oxygens (including phenoxy) is 3. The van der Waals surface area contributed by atoms with Gasteiger partial charge in [-0.05, 0) is 54.4 Å². The molecule has 43 heavy (non-hydrogen) atoms. The maximum Gasteiger partial charge on any atom is 0.416 e. The lowest BCUT2D eigenvalue weighted by Crippen LogP contribution is -2.14. The average molecular weight is 597 g/mol. The number of halogens is 3. The number of hydrogen-bond donors (Lipinski definition) is 0. The van der Waals surface area contributed by atoms with Crippen LogP contribution in [0.1, 0.15) is 34.7 Å². The highest BCUT2D eigenvalue weighted by Gasteiger charge is 2.30. The molecule has 8 nitrogen and oxygen atoms in total. The summed E-state index contributed by atoms with van der Waals surface area (Å²) in [6.45, 7) is 5.44. The number of carbonyl (C=O) groups excluding carboxylic acids is 1. The zero-order chi connectivity index (χ0) is 31.2. The van der Waals surface area contributed by atoms with Crippen LogP contribution in [0.3, 0.4) is 0 Å². The van der Waals surface area contributed by atoms with Crippen LogP contribution in [-0.2, 0) is 43.3 Å². The van der Waals surface area contributed by atoms with Crippen molar-refractivity contribution in [2.45, 2.75) is 26.3 Å². The quantitative estimate of drug-likeness (QED) is 0.0381. The largest absolute Gasteiger partial charge is 0.503 e. The molecular formula is C32H31F3N2O6. The molecule has 0 aliphatic rings. The Hall–Kier alpha value is -5.06. The first-order valence-electron chi connectivity index (χ1n) is 12.9. The second-order valence-electron chi connectivity index (χ2n) is 8.90. The number of benzene rings is 3. The molecule has 0 aliphatic carbocycles. The Morgan fingerprint density at radius 2 is 1.67 bits per heavy atom. The number of nitrogens with zero attached hydrogens (tertiary/aromatic N) is 2. The fourth-order valence-corrected chi connectivity index (χ4v) is 3.80. The molecule has 3 aromatic rings. The molecule has 0 saturated heterocycles. The van der Waals surface area contributed by atoms with Crippen LogP contribution in [0.4, 0.5) is 13.2 Å². The van der Waals surface area contributed by atoms with Crippen molar-refractivity contribution in [3.05, 3.63) is 120 Å². The second-order valence-corrected chi connectivity index (χ2v) is 8.90. The van der Waals surface area contributed by atoms with Gasteiger partial charge < -0.3 is 23.9 Å². The van der Waals surface area contributed by atoms with Crippen molar-refractivity contribution in [2.75, 3.05) is 20.8 Å². The molecule has 0 amide bonds. The van der Waals surface area contributed by atoms with Crippen molar-refractivity contribution in [1.82, 2.24) is 0 Å². The molecule has 11 heteroatoms. The molecule has 0 radical (unpaired) electrons. The molecule has 0 bridgehead atoms. The Labute approximate surface area is 247 Å². The summed E-state index contributed by atoms with van der Waals surface area (Å²) in [5.41, 5.74) is 2.48. The minimum absolute atomic E-state index is 0.0225. The third-order valence-electron chi connectivity index (χ3n) is 5.85. The van der Waals surface area contributed by atoms with Crippen LogP contribution in [0.25, 0.3) is 5.57 Å². The van der Waals surface area contributed by atoms with E-state index in [2.05, 4.69) is 16.9 Å². The van der Waals surface area contributed by atoms with E-state index in [0.29, 0.717) is 39.4 Å². The number of carbonyl (C=O) groups is 1. The van der Waals surface area contributed by atoms with E-state index in [9.17, 15) is 18.0 Å². The maximum atomic E-state index is 13.0. The first kappa shape index (κ1) is 32.5. The highest BCUT2D eigenvalue weighted by molar-refractivity contribution is 6.47. The second kappa shape index (κ2) is 15.8. The predicted molar refractivity (Wildman–Crippen MR) is 156 cm³/mol. The Morgan fingerprint density at radius 1 is 0.930 bits per heavy atom. The Kier molecular flexibility index (Phi) is 11.9. The lowest BCUT2D eigenvalue weighted by molar-refractivity contribution is -0.137. The zero-order valence-corrected chi connectivity index (χ0v) is 23.9. The molecular weight excluding hydrogens is 565 g/mol. The topological polar surface area (TPSA) is 87.9 Å². The smallest absolute Gasteiger partial charge is 0.416 e. The van der Waals surface area contributed by atoms with Gasteiger partial charge in [0.25, 0.3) is 0 Å². The minimum atomic E-state index is -4.43. The molecule has 0 fully saturated rings. The minimum Gasteiger partial charge on any atom is -0.503 e. The fraction of sp³-hybridized carbons (Fsp3) is 0.219. The molecule has 0 aromatic heterocycles. The van der Waals surface area contributed by atoms with E-state index in [0.717, 1.165) is 12.1 Å². The molecule has 0 atom stereocenters. The van der Waals surface area contributed by atoms with Crippen molar-refractivity contribution in [3.63, 3.8) is 0 Å². The van der Waals surface area contributed by atoms with E-state index in [1.807, 2.05) is 0 Å². The van der Waals surface area contributed by atoms with E-state index in [1.165, 1.54) is 32.6 Å². The van der Waals surface area contributed by atoms with Crippen LogP contribution in [-0.4, -0.2) is 38.2 Å². The summed E-state index contributed by atoms with van der Waals surface area (Å²) >= 11 is 0. The summed E-state index contributed by atoms with van der Waals surface area (Å²) in [6, 6.07) is 18.8. The van der Waals surface area contributed by atoms with E-state index < -0.39 is 17.7 Å². The summed E-state index contributed by atoms with van der Waals surface area (Å²) in [5, 5.41) is 8.37. The summed E-state index contributed by atoms with van der Waals surface area (Å²) < 4.78 is 54.6. The van der Waals surface area contributed by atoms with Crippen molar-refractivity contribution < 1.29 is 41.9 Å². The number of esters is 1. The molecule has 0 saturated carbocycles. The van der Waals surface area contributed by atoms with Gasteiger partial charge in [0.15, 0.2) is 0 Å². The fourth-order valence-electron chi connectivity index (χ4n) is 3.80. The van der Waals surface area contributed by atoms with Crippen LogP contribution in [0.2, 0.25) is 0 Å². The highest BCUT2D eigenvalue weighted by Crippen LogP contribution is 2.30. The van der Waals surface area contributed by atoms with Crippen LogP contribution >= 0.6 is 0 Å². The van der Waals surface area contributed by atoms with Gasteiger partial charge in [-0.1, -0.05) is 59.4 Å². The van der Waals surface area contributed by atoms with Gasteiger partial charge in [-0.15, -0.1) is 0 Å². The van der Waals surface area contributed by atoms with Crippen LogP contribution < -0.4 is 4.74 Å². The first-order chi connectivity index (χ1) is 20.7. The standard InChI is InChI=1S/C32H31F3N2O6/c1-5-17-42-37-30(22(2)36-43-20-25-10-6-7-12-28(25)29(21-39-3)31(38)40-4)24-13-15-27(16-14-24)41-19-23-9-8-11-26(18-23)32(33,34)35/h5-16,18,21H,1,17,19-20H2,2-4H3/b29-21+,36-22+,37-30-. The molecule has 0 unspecified atom stereocenters. The summed E-state index contributed by atoms with van der Waals surface area (Å²) in [6.07, 6.45) is -1.59. The molecule has 3 rings (SSSR count). The lowest BCUT2D eigenvalue weighted by Gasteiger charge is -2.12. The summed E-state index contributed by atoms with van der Waals surface area (Å²) in [5.74, 6) is -0.120. The van der Waals surface area contributed by atoms with Crippen molar-refractivity contribution >= 4 is 23.0 Å². The first-order valence-corrected chi connectivity index (χ1v) is 12.9. The van der Waals surface area contributed by atoms with Gasteiger partial charge in [-0.25, -0.2) is 4.79 Å². The lowest BCUT2D eigenvalue weighted by atomic mass is 10.0. The highest BCUT2D eigenvalue weighted by atomic mass is 19.4. The Balaban J connectivity index is 1.75. The molecule has 226 valence electrons. The van der Waals surface area contributed by atoms with E-state index in [-0.39, 0.29) is 25.4 Å². The summed E-state index contributed by atoms with van der Waals surface area (Å²) in [7, 11) is 2.71. The monoisotopic (exact) mass is 596 g/mol. The van der Waals surface area contributed by atoms with Crippen molar-refractivity contribution in [2.24, 2.45) is 10.3 Å². The molecule has 3 aromatic carbocycles. The van der Waals surface area contributed by atoms with E-state index >= 15 is 0 Å². The zero-order valence-electron chi connectivity index (χ0n) is 23.9. The van der Waals surface area contributed by atoms with Gasteiger partial charge in [0.05, 0.1) is 26.0 Å². The Morgan fingerprint density at radius 3 is 2.35 bits per heavy atom. The molecule has 0 aliphatic heterocycles. The number of alkyl halides is 3. The van der Waals surface area contributed by atoms with Gasteiger partial charge in [-0.3, -0.25) is 0 Å². The van der Waals surface area contributed by atoms with Crippen molar-refractivity contribution in [3.8, 4) is 5.75 Å². The van der Waals surface area contributed by atoms with Crippen molar-refractivity contribution in [1.29, 1.82) is 0 Å². The molecule has 0 N–H and O–H groups in total. The van der Waals surface area contributed by atoms with E-state index in [1.54, 1.807) is 61.5 Å². The Bertz CT molecular complexity index is 1480. The molecule has 0 heterocycles. The predicted octanol–water partition coefficient (Wildman–Crippen LogP) is 6.94. The van der Waals surface area contributed by atoms with Gasteiger partial charge >= 0.3 is 12.1 Å². The number of methoxy groups -OCH3 is 2.